The minimum Gasteiger partial charge on any atom is -0.354 e. The number of anilines is 1. The molecule has 0 bridgehead atoms. The maximum atomic E-state index is 10.9. The Bertz CT molecular complexity index is 472. The summed E-state index contributed by atoms with van der Waals surface area (Å²) in [7, 11) is 0. The van der Waals surface area contributed by atoms with Gasteiger partial charge in [-0.2, -0.15) is 0 Å². The van der Waals surface area contributed by atoms with Gasteiger partial charge in [0, 0.05) is 32.2 Å². The number of hydrogen-bond acceptors (Lipinski definition) is 2. The van der Waals surface area contributed by atoms with E-state index in [1.165, 1.54) is 26.2 Å². The van der Waals surface area contributed by atoms with Crippen LogP contribution < -0.4 is 10.6 Å². The smallest absolute Gasteiger partial charge is 0.216 e. The summed E-state index contributed by atoms with van der Waals surface area (Å²) in [6.07, 6.45) is 3.71. The standard InChI is InChI=1S/C16H24N4O.HI/c1-14(21)17-10-11-18-16(20-12-6-3-7-13-20)19-15-8-4-2-5-9-15;/h2,4-5,8-9H,3,6-7,10-13H2,1H3,(H,17,21)(H,18,19);1H. The van der Waals surface area contributed by atoms with Gasteiger partial charge in [-0.15, -0.1) is 24.0 Å². The van der Waals surface area contributed by atoms with Crippen molar-refractivity contribution in [2.75, 3.05) is 31.5 Å². The number of halogens is 1. The number of carbonyl (C=O) groups is 1. The molecule has 1 heterocycles. The van der Waals surface area contributed by atoms with Gasteiger partial charge in [0.05, 0.1) is 6.54 Å². The SMILES string of the molecule is CC(=O)NCCN=C(Nc1ccccc1)N1CCCCC1.I. The molecule has 0 saturated carbocycles. The number of amides is 1. The zero-order chi connectivity index (χ0) is 14.9. The van der Waals surface area contributed by atoms with Gasteiger partial charge in [-0.25, -0.2) is 0 Å². The third-order valence-electron chi connectivity index (χ3n) is 3.43. The molecule has 6 heteroatoms. The van der Waals surface area contributed by atoms with Crippen LogP contribution in [0.4, 0.5) is 5.69 Å². The van der Waals surface area contributed by atoms with E-state index in [-0.39, 0.29) is 29.9 Å². The van der Waals surface area contributed by atoms with Gasteiger partial charge in [0.1, 0.15) is 0 Å². The molecule has 0 atom stereocenters. The highest BCUT2D eigenvalue weighted by atomic mass is 127. The Morgan fingerprint density at radius 3 is 2.50 bits per heavy atom. The highest BCUT2D eigenvalue weighted by Crippen LogP contribution is 2.12. The van der Waals surface area contributed by atoms with Crippen molar-refractivity contribution < 1.29 is 4.79 Å². The summed E-state index contributed by atoms with van der Waals surface area (Å²) in [6, 6.07) is 10.1. The highest BCUT2D eigenvalue weighted by Gasteiger charge is 2.14. The molecule has 1 fully saturated rings. The number of rotatable bonds is 4. The van der Waals surface area contributed by atoms with Gasteiger partial charge in [-0.1, -0.05) is 18.2 Å². The van der Waals surface area contributed by atoms with E-state index in [2.05, 4.69) is 20.5 Å². The van der Waals surface area contributed by atoms with Crippen molar-refractivity contribution in [1.82, 2.24) is 10.2 Å². The van der Waals surface area contributed by atoms with Crippen LogP contribution in [0.15, 0.2) is 35.3 Å². The van der Waals surface area contributed by atoms with Crippen LogP contribution >= 0.6 is 24.0 Å². The Kier molecular flexibility index (Phi) is 8.88. The number of carbonyl (C=O) groups excluding carboxylic acids is 1. The number of aliphatic imine (C=N–C) groups is 1. The van der Waals surface area contributed by atoms with Gasteiger partial charge in [-0.3, -0.25) is 9.79 Å². The molecule has 122 valence electrons. The molecular formula is C16H25IN4O. The van der Waals surface area contributed by atoms with Crippen LogP contribution in [0, 0.1) is 0 Å². The molecular weight excluding hydrogens is 391 g/mol. The third kappa shape index (κ3) is 6.64. The van der Waals surface area contributed by atoms with Gasteiger partial charge in [0.25, 0.3) is 0 Å². The fourth-order valence-electron chi connectivity index (χ4n) is 2.37. The molecule has 2 rings (SSSR count). The second-order valence-electron chi connectivity index (χ2n) is 5.23. The summed E-state index contributed by atoms with van der Waals surface area (Å²) in [4.78, 5) is 17.8. The van der Waals surface area contributed by atoms with E-state index >= 15 is 0 Å². The average molecular weight is 416 g/mol. The third-order valence-corrected chi connectivity index (χ3v) is 3.43. The molecule has 0 aromatic heterocycles. The molecule has 1 aliphatic heterocycles. The number of nitrogens with one attached hydrogen (secondary N) is 2. The van der Waals surface area contributed by atoms with E-state index in [4.69, 9.17) is 0 Å². The fraction of sp³-hybridized carbons (Fsp3) is 0.500. The van der Waals surface area contributed by atoms with Crippen molar-refractivity contribution in [2.45, 2.75) is 26.2 Å². The van der Waals surface area contributed by atoms with Crippen LogP contribution in [0.5, 0.6) is 0 Å². The van der Waals surface area contributed by atoms with Crippen molar-refractivity contribution in [3.8, 4) is 0 Å². The lowest BCUT2D eigenvalue weighted by molar-refractivity contribution is -0.118. The van der Waals surface area contributed by atoms with Crippen molar-refractivity contribution in [1.29, 1.82) is 0 Å². The summed E-state index contributed by atoms with van der Waals surface area (Å²) in [5.74, 6) is 0.895. The molecule has 1 aromatic carbocycles. The van der Waals surface area contributed by atoms with E-state index in [1.54, 1.807) is 0 Å². The molecule has 1 saturated heterocycles. The zero-order valence-corrected chi connectivity index (χ0v) is 15.4. The van der Waals surface area contributed by atoms with Crippen LogP contribution in [-0.2, 0) is 4.79 Å². The van der Waals surface area contributed by atoms with Crippen LogP contribution in [0.3, 0.4) is 0 Å². The molecule has 0 aliphatic carbocycles. The lowest BCUT2D eigenvalue weighted by Crippen LogP contribution is -2.40. The monoisotopic (exact) mass is 416 g/mol. The van der Waals surface area contributed by atoms with E-state index in [0.29, 0.717) is 13.1 Å². The van der Waals surface area contributed by atoms with Crippen LogP contribution in [0.2, 0.25) is 0 Å². The summed E-state index contributed by atoms with van der Waals surface area (Å²) in [5, 5.41) is 6.18. The number of para-hydroxylation sites is 1. The largest absolute Gasteiger partial charge is 0.354 e. The Balaban J connectivity index is 0.00000242. The first kappa shape index (κ1) is 18.7. The van der Waals surface area contributed by atoms with E-state index in [0.717, 1.165) is 24.7 Å². The van der Waals surface area contributed by atoms with Crippen LogP contribution in [0.25, 0.3) is 0 Å². The van der Waals surface area contributed by atoms with Crippen LogP contribution in [0.1, 0.15) is 26.2 Å². The quantitative estimate of drug-likeness (QED) is 0.344. The predicted molar refractivity (Wildman–Crippen MR) is 102 cm³/mol. The van der Waals surface area contributed by atoms with Gasteiger partial charge < -0.3 is 15.5 Å². The predicted octanol–water partition coefficient (Wildman–Crippen LogP) is 2.69. The first-order valence-electron chi connectivity index (χ1n) is 7.61. The molecule has 22 heavy (non-hydrogen) atoms. The van der Waals surface area contributed by atoms with Gasteiger partial charge in [0.15, 0.2) is 5.96 Å². The molecule has 1 aliphatic rings. The topological polar surface area (TPSA) is 56.7 Å². The first-order valence-corrected chi connectivity index (χ1v) is 7.61. The van der Waals surface area contributed by atoms with E-state index < -0.39 is 0 Å². The van der Waals surface area contributed by atoms with Gasteiger partial charge >= 0.3 is 0 Å². The average Bonchev–Trinajstić information content (AvgIpc) is 2.52. The van der Waals surface area contributed by atoms with Crippen LogP contribution in [-0.4, -0.2) is 42.9 Å². The number of benzene rings is 1. The second-order valence-corrected chi connectivity index (χ2v) is 5.23. The van der Waals surface area contributed by atoms with Gasteiger partial charge in [0.2, 0.25) is 5.91 Å². The van der Waals surface area contributed by atoms with Crippen molar-refractivity contribution >= 4 is 41.5 Å². The highest BCUT2D eigenvalue weighted by molar-refractivity contribution is 14.0. The molecule has 5 nitrogen and oxygen atoms in total. The summed E-state index contributed by atoms with van der Waals surface area (Å²) in [5.41, 5.74) is 1.04. The minimum atomic E-state index is -0.0132. The lowest BCUT2D eigenvalue weighted by Gasteiger charge is -2.30. The van der Waals surface area contributed by atoms with Crippen molar-refractivity contribution in [2.24, 2.45) is 4.99 Å². The number of likely N-dealkylation sites (tertiary alicyclic amines) is 1. The lowest BCUT2D eigenvalue weighted by atomic mass is 10.1. The Hall–Kier alpha value is -1.31. The van der Waals surface area contributed by atoms with Crippen molar-refractivity contribution in [3.05, 3.63) is 30.3 Å². The van der Waals surface area contributed by atoms with E-state index in [1.807, 2.05) is 30.3 Å². The molecule has 0 radical (unpaired) electrons. The number of piperidine rings is 1. The molecule has 2 N–H and O–H groups in total. The van der Waals surface area contributed by atoms with Crippen molar-refractivity contribution in [3.63, 3.8) is 0 Å². The minimum absolute atomic E-state index is 0. The zero-order valence-electron chi connectivity index (χ0n) is 13.0. The maximum absolute atomic E-state index is 10.9. The number of guanidine groups is 1. The molecule has 0 unspecified atom stereocenters. The number of hydrogen-bond donors (Lipinski definition) is 2. The molecule has 0 spiro atoms. The normalized spacial score (nSPS) is 15.0. The van der Waals surface area contributed by atoms with Gasteiger partial charge in [-0.05, 0) is 31.4 Å². The second kappa shape index (κ2) is 10.4. The summed E-state index contributed by atoms with van der Waals surface area (Å²) in [6.45, 7) is 4.77. The maximum Gasteiger partial charge on any atom is 0.216 e. The summed E-state index contributed by atoms with van der Waals surface area (Å²) >= 11 is 0. The number of nitrogens with zero attached hydrogens (tertiary/aromatic N) is 2. The Labute approximate surface area is 149 Å². The molecule has 1 aromatic rings. The first-order chi connectivity index (χ1) is 10.3. The summed E-state index contributed by atoms with van der Waals surface area (Å²) < 4.78 is 0. The molecule has 1 amide bonds. The van der Waals surface area contributed by atoms with E-state index in [9.17, 15) is 4.79 Å². The Morgan fingerprint density at radius 1 is 1.18 bits per heavy atom. The fourth-order valence-corrected chi connectivity index (χ4v) is 2.37. The Morgan fingerprint density at radius 2 is 1.86 bits per heavy atom.